The van der Waals surface area contributed by atoms with E-state index < -0.39 is 0 Å². The van der Waals surface area contributed by atoms with E-state index in [1.54, 1.807) is 44.6 Å². The molecule has 2 aromatic carbocycles. The highest BCUT2D eigenvalue weighted by molar-refractivity contribution is 8.00. The van der Waals surface area contributed by atoms with Gasteiger partial charge in [0.05, 0.1) is 25.7 Å². The molecular weight excluding hydrogens is 360 g/mol. The number of hydrogen-bond donors (Lipinski definition) is 1. The molecule has 1 N–H and O–H groups in total. The number of hydrazone groups is 1. The lowest BCUT2D eigenvalue weighted by atomic mass is 10.2. The van der Waals surface area contributed by atoms with E-state index in [1.807, 2.05) is 19.1 Å². The van der Waals surface area contributed by atoms with Crippen LogP contribution in [0.15, 0.2) is 52.5 Å². The van der Waals surface area contributed by atoms with Gasteiger partial charge in [0, 0.05) is 15.5 Å². The number of nitrogens with one attached hydrogen (secondary N) is 1. The minimum absolute atomic E-state index is 0.196. The standard InChI is InChI=1S/C18H19ClN2O3S/c1-12(25-16-7-4-14(19)5-8-16)18(22)21-20-11-13-10-15(23-2)6-9-17(13)24-3/h4-12H,1-3H3,(H,21,22)/b20-11-/t12-/m1/s1. The molecule has 0 heterocycles. The van der Waals surface area contributed by atoms with Crippen LogP contribution in [0, 0.1) is 0 Å². The Hall–Kier alpha value is -2.18. The Morgan fingerprint density at radius 1 is 1.20 bits per heavy atom. The van der Waals surface area contributed by atoms with E-state index in [0.717, 1.165) is 4.90 Å². The number of rotatable bonds is 7. The van der Waals surface area contributed by atoms with Crippen molar-refractivity contribution in [1.29, 1.82) is 0 Å². The average molecular weight is 379 g/mol. The lowest BCUT2D eigenvalue weighted by Crippen LogP contribution is -2.26. The largest absolute Gasteiger partial charge is 0.497 e. The molecule has 0 aliphatic rings. The minimum atomic E-state index is -0.300. The molecule has 0 spiro atoms. The Balaban J connectivity index is 1.96. The van der Waals surface area contributed by atoms with Crippen LogP contribution in [-0.4, -0.2) is 31.6 Å². The first kappa shape index (κ1) is 19.1. The number of carbonyl (C=O) groups excluding carboxylic acids is 1. The summed E-state index contributed by atoms with van der Waals surface area (Å²) in [6, 6.07) is 12.7. The van der Waals surface area contributed by atoms with Crippen molar-refractivity contribution in [2.24, 2.45) is 5.10 Å². The van der Waals surface area contributed by atoms with Gasteiger partial charge in [0.1, 0.15) is 11.5 Å². The molecule has 1 atom stereocenters. The average Bonchev–Trinajstić information content (AvgIpc) is 2.63. The van der Waals surface area contributed by atoms with Gasteiger partial charge >= 0.3 is 0 Å². The normalized spacial score (nSPS) is 12.0. The number of benzene rings is 2. The molecule has 0 aliphatic heterocycles. The number of nitrogens with zero attached hydrogens (tertiary/aromatic N) is 1. The van der Waals surface area contributed by atoms with Crippen molar-refractivity contribution in [3.8, 4) is 11.5 Å². The highest BCUT2D eigenvalue weighted by Gasteiger charge is 2.13. The molecule has 0 aromatic heterocycles. The van der Waals surface area contributed by atoms with Crippen LogP contribution < -0.4 is 14.9 Å². The molecule has 2 rings (SSSR count). The number of hydrogen-bond acceptors (Lipinski definition) is 5. The smallest absolute Gasteiger partial charge is 0.253 e. The van der Waals surface area contributed by atoms with Gasteiger partial charge in [0.15, 0.2) is 0 Å². The highest BCUT2D eigenvalue weighted by atomic mass is 35.5. The monoisotopic (exact) mass is 378 g/mol. The Bertz CT molecular complexity index is 750. The Kier molecular flexibility index (Phi) is 7.16. The fraction of sp³-hybridized carbons (Fsp3) is 0.222. The summed E-state index contributed by atoms with van der Waals surface area (Å²) in [7, 11) is 3.16. The van der Waals surface area contributed by atoms with Crippen LogP contribution in [0.4, 0.5) is 0 Å². The second-order valence-corrected chi connectivity index (χ2v) is 6.91. The topological polar surface area (TPSA) is 59.9 Å². The zero-order valence-electron chi connectivity index (χ0n) is 14.2. The summed E-state index contributed by atoms with van der Waals surface area (Å²) >= 11 is 7.29. The Labute approximate surface area is 156 Å². The first-order valence-corrected chi connectivity index (χ1v) is 8.76. The Morgan fingerprint density at radius 3 is 2.56 bits per heavy atom. The van der Waals surface area contributed by atoms with Gasteiger partial charge < -0.3 is 9.47 Å². The van der Waals surface area contributed by atoms with Crippen LogP contribution >= 0.6 is 23.4 Å². The summed E-state index contributed by atoms with van der Waals surface area (Å²) in [6.07, 6.45) is 1.53. The van der Waals surface area contributed by atoms with Gasteiger partial charge in [0.2, 0.25) is 0 Å². The Morgan fingerprint density at radius 2 is 1.92 bits per heavy atom. The molecule has 2 aromatic rings. The fourth-order valence-corrected chi connectivity index (χ4v) is 2.95. The van der Waals surface area contributed by atoms with Crippen LogP contribution in [0.5, 0.6) is 11.5 Å². The SMILES string of the molecule is COc1ccc(OC)c(/C=N\NC(=O)[C@@H](C)Sc2ccc(Cl)cc2)c1. The quantitative estimate of drug-likeness (QED) is 0.449. The molecule has 0 saturated carbocycles. The van der Waals surface area contributed by atoms with Crippen LogP contribution in [0.1, 0.15) is 12.5 Å². The highest BCUT2D eigenvalue weighted by Crippen LogP contribution is 2.25. The second-order valence-electron chi connectivity index (χ2n) is 5.06. The maximum atomic E-state index is 12.2. The summed E-state index contributed by atoms with van der Waals surface area (Å²) in [5, 5.41) is 4.37. The number of methoxy groups -OCH3 is 2. The van der Waals surface area contributed by atoms with E-state index in [2.05, 4.69) is 10.5 Å². The third kappa shape index (κ3) is 5.69. The van der Waals surface area contributed by atoms with Gasteiger partial charge in [-0.3, -0.25) is 4.79 Å². The van der Waals surface area contributed by atoms with Gasteiger partial charge in [0.25, 0.3) is 5.91 Å². The third-order valence-electron chi connectivity index (χ3n) is 3.31. The molecule has 0 fully saturated rings. The van der Waals surface area contributed by atoms with Crippen molar-refractivity contribution in [1.82, 2.24) is 5.43 Å². The maximum Gasteiger partial charge on any atom is 0.253 e. The third-order valence-corrected chi connectivity index (χ3v) is 4.67. The van der Waals surface area contributed by atoms with E-state index in [4.69, 9.17) is 21.1 Å². The first-order chi connectivity index (χ1) is 12.0. The van der Waals surface area contributed by atoms with Gasteiger partial charge in [-0.2, -0.15) is 5.10 Å². The number of halogens is 1. The first-order valence-electron chi connectivity index (χ1n) is 7.50. The molecule has 7 heteroatoms. The van der Waals surface area contributed by atoms with E-state index in [1.165, 1.54) is 18.0 Å². The van der Waals surface area contributed by atoms with E-state index >= 15 is 0 Å². The molecule has 1 amide bonds. The molecule has 0 saturated heterocycles. The van der Waals surface area contributed by atoms with E-state index in [0.29, 0.717) is 22.1 Å². The van der Waals surface area contributed by atoms with E-state index in [9.17, 15) is 4.79 Å². The van der Waals surface area contributed by atoms with Crippen molar-refractivity contribution in [3.05, 3.63) is 53.1 Å². The predicted molar refractivity (Wildman–Crippen MR) is 102 cm³/mol. The van der Waals surface area contributed by atoms with Crippen LogP contribution in [-0.2, 0) is 4.79 Å². The predicted octanol–water partition coefficient (Wildman–Crippen LogP) is 3.99. The van der Waals surface area contributed by atoms with Gasteiger partial charge in [-0.25, -0.2) is 5.43 Å². The summed E-state index contributed by atoms with van der Waals surface area (Å²) in [5.41, 5.74) is 3.25. The number of ether oxygens (including phenoxy) is 2. The molecular formula is C18H19ClN2O3S. The zero-order chi connectivity index (χ0) is 18.2. The lowest BCUT2D eigenvalue weighted by molar-refractivity contribution is -0.120. The number of thioether (sulfide) groups is 1. The number of carbonyl (C=O) groups is 1. The van der Waals surface area contributed by atoms with Crippen molar-refractivity contribution in [2.45, 2.75) is 17.1 Å². The molecule has 0 unspecified atom stereocenters. The van der Waals surface area contributed by atoms with Crippen molar-refractivity contribution in [3.63, 3.8) is 0 Å². The lowest BCUT2D eigenvalue weighted by Gasteiger charge is -2.10. The van der Waals surface area contributed by atoms with E-state index in [-0.39, 0.29) is 11.2 Å². The molecule has 0 aliphatic carbocycles. The number of amides is 1. The maximum absolute atomic E-state index is 12.2. The second kappa shape index (κ2) is 9.34. The van der Waals surface area contributed by atoms with Crippen molar-refractivity contribution < 1.29 is 14.3 Å². The zero-order valence-corrected chi connectivity index (χ0v) is 15.7. The summed E-state index contributed by atoms with van der Waals surface area (Å²) in [4.78, 5) is 13.1. The van der Waals surface area contributed by atoms with Crippen LogP contribution in [0.25, 0.3) is 0 Å². The molecule has 132 valence electrons. The molecule has 25 heavy (non-hydrogen) atoms. The van der Waals surface area contributed by atoms with Gasteiger partial charge in [-0.15, -0.1) is 11.8 Å². The van der Waals surface area contributed by atoms with Crippen molar-refractivity contribution in [2.75, 3.05) is 14.2 Å². The summed E-state index contributed by atoms with van der Waals surface area (Å²) in [5.74, 6) is 1.13. The summed E-state index contributed by atoms with van der Waals surface area (Å²) < 4.78 is 10.4. The van der Waals surface area contributed by atoms with Crippen LogP contribution in [0.3, 0.4) is 0 Å². The summed E-state index contributed by atoms with van der Waals surface area (Å²) in [6.45, 7) is 1.82. The minimum Gasteiger partial charge on any atom is -0.497 e. The molecule has 0 radical (unpaired) electrons. The van der Waals surface area contributed by atoms with Gasteiger partial charge in [-0.1, -0.05) is 11.6 Å². The van der Waals surface area contributed by atoms with Crippen molar-refractivity contribution >= 4 is 35.5 Å². The molecule has 0 bridgehead atoms. The molecule has 5 nitrogen and oxygen atoms in total. The van der Waals surface area contributed by atoms with Crippen LogP contribution in [0.2, 0.25) is 5.02 Å². The fourth-order valence-electron chi connectivity index (χ4n) is 1.97. The van der Waals surface area contributed by atoms with Gasteiger partial charge in [-0.05, 0) is 49.4 Å².